The van der Waals surface area contributed by atoms with Crippen LogP contribution in [0.25, 0.3) is 98.9 Å². The molecule has 11 aromatic carbocycles. The number of pyridine rings is 1. The Bertz CT molecular complexity index is 4720. The highest BCUT2D eigenvalue weighted by atomic mass is 16.3. The van der Waals surface area contributed by atoms with Gasteiger partial charge in [0, 0.05) is 66.1 Å². The van der Waals surface area contributed by atoms with E-state index in [-0.39, 0.29) is 16.2 Å². The number of nitrogens with zero attached hydrogens (tertiary/aromatic N) is 3. The average Bonchev–Trinajstić information content (AvgIpc) is 2.93. The van der Waals surface area contributed by atoms with Gasteiger partial charge in [0.15, 0.2) is 11.2 Å². The van der Waals surface area contributed by atoms with Gasteiger partial charge in [-0.05, 0) is 169 Å². The lowest BCUT2D eigenvalue weighted by molar-refractivity contribution is 0.649. The summed E-state index contributed by atoms with van der Waals surface area (Å²) in [6.45, 7) is 14.6. The number of hydrogen-bond acceptors (Lipinski definition) is 5. The Morgan fingerprint density at radius 1 is 0.309 bits per heavy atom. The number of anilines is 6. The van der Waals surface area contributed by atoms with Crippen LogP contribution in [0.3, 0.4) is 0 Å². The van der Waals surface area contributed by atoms with Gasteiger partial charge in [-0.3, -0.25) is 0 Å². The summed E-state index contributed by atoms with van der Waals surface area (Å²) < 4.78 is 13.5. The highest BCUT2D eigenvalue weighted by Gasteiger charge is 2.46. The number of benzene rings is 11. The maximum absolute atomic E-state index is 6.80. The zero-order chi connectivity index (χ0) is 54.3. The molecule has 0 atom stereocenters. The second kappa shape index (κ2) is 16.2. The van der Waals surface area contributed by atoms with Crippen molar-refractivity contribution in [3.05, 3.63) is 258 Å². The first-order valence-corrected chi connectivity index (χ1v) is 28.4. The molecule has 0 N–H and O–H groups in total. The van der Waals surface area contributed by atoms with Gasteiger partial charge in [-0.1, -0.05) is 169 Å². The van der Waals surface area contributed by atoms with Crippen molar-refractivity contribution in [1.82, 2.24) is 4.98 Å². The molecule has 0 amide bonds. The Morgan fingerprint density at radius 2 is 0.704 bits per heavy atom. The molecule has 3 aromatic heterocycles. The van der Waals surface area contributed by atoms with Crippen LogP contribution in [0.1, 0.15) is 74.9 Å². The Kier molecular flexibility index (Phi) is 9.25. The first kappa shape index (κ1) is 46.2. The van der Waals surface area contributed by atoms with Crippen LogP contribution < -0.4 is 9.80 Å². The lowest BCUT2D eigenvalue weighted by Crippen LogP contribution is -2.18. The third-order valence-corrected chi connectivity index (χ3v) is 18.9. The van der Waals surface area contributed by atoms with E-state index in [2.05, 4.69) is 269 Å². The molecule has 5 heteroatoms. The first-order chi connectivity index (χ1) is 39.5. The summed E-state index contributed by atoms with van der Waals surface area (Å²) in [5.41, 5.74) is 24.8. The van der Waals surface area contributed by atoms with Crippen LogP contribution in [0.2, 0.25) is 0 Å². The van der Waals surface area contributed by atoms with E-state index in [1.807, 2.05) is 6.07 Å². The Morgan fingerprint density at radius 3 is 1.23 bits per heavy atom. The smallest absolute Gasteiger partial charge is 0.227 e. The van der Waals surface area contributed by atoms with Gasteiger partial charge < -0.3 is 18.6 Å². The molecule has 81 heavy (non-hydrogen) atoms. The number of furan rings is 2. The predicted octanol–water partition coefficient (Wildman–Crippen LogP) is 21.0. The fourth-order valence-electron chi connectivity index (χ4n) is 14.9. The van der Waals surface area contributed by atoms with Gasteiger partial charge in [0.2, 0.25) is 5.71 Å². The van der Waals surface area contributed by atoms with E-state index in [1.54, 1.807) is 6.20 Å². The van der Waals surface area contributed by atoms with Crippen LogP contribution in [0.15, 0.2) is 233 Å². The number of para-hydroxylation sites is 5. The molecule has 0 aliphatic heterocycles. The van der Waals surface area contributed by atoms with E-state index >= 15 is 0 Å². The molecule has 3 aliphatic carbocycles. The van der Waals surface area contributed by atoms with E-state index in [0.29, 0.717) is 5.71 Å². The number of hydrogen-bond donors (Lipinski definition) is 0. The summed E-state index contributed by atoms with van der Waals surface area (Å²) in [5.74, 6) is 0. The number of aromatic nitrogens is 1. The van der Waals surface area contributed by atoms with E-state index in [9.17, 15) is 0 Å². The molecule has 0 bridgehead atoms. The van der Waals surface area contributed by atoms with Crippen LogP contribution >= 0.6 is 0 Å². The summed E-state index contributed by atoms with van der Waals surface area (Å²) in [6, 6.07) is 80.4. The summed E-state index contributed by atoms with van der Waals surface area (Å²) in [6.07, 6.45) is 1.80. The van der Waals surface area contributed by atoms with Crippen molar-refractivity contribution in [3.8, 4) is 33.4 Å². The molecule has 0 saturated heterocycles. The topological polar surface area (TPSA) is 45.7 Å². The lowest BCUT2D eigenvalue weighted by atomic mass is 9.78. The molecule has 0 fully saturated rings. The predicted molar refractivity (Wildman–Crippen MR) is 336 cm³/mol. The van der Waals surface area contributed by atoms with Crippen LogP contribution in [0.5, 0.6) is 0 Å². The Hall–Kier alpha value is -9.71. The maximum atomic E-state index is 6.80. The molecular weight excluding hydrogens is 987 g/mol. The molecule has 0 spiro atoms. The van der Waals surface area contributed by atoms with Crippen molar-refractivity contribution in [3.63, 3.8) is 0 Å². The zero-order valence-electron chi connectivity index (χ0n) is 46.0. The Balaban J connectivity index is 0.834. The summed E-state index contributed by atoms with van der Waals surface area (Å²) >= 11 is 0. The molecule has 17 rings (SSSR count). The molecule has 5 nitrogen and oxygen atoms in total. The monoisotopic (exact) mass is 1040 g/mol. The van der Waals surface area contributed by atoms with Gasteiger partial charge >= 0.3 is 0 Å². The highest BCUT2D eigenvalue weighted by Crippen LogP contribution is 2.63. The normalized spacial score (nSPS) is 14.8. The van der Waals surface area contributed by atoms with Gasteiger partial charge in [-0.25, -0.2) is 4.98 Å². The largest absolute Gasteiger partial charge is 0.454 e. The van der Waals surface area contributed by atoms with Crippen LogP contribution in [0, 0.1) is 0 Å². The van der Waals surface area contributed by atoms with Crippen LogP contribution in [-0.4, -0.2) is 4.98 Å². The SMILES string of the molecule is CC1(C)c2cc3c(cc2-c2cc4c(cc21)-c1c(cc(N(c2ccccc2)c2cccc5c2oc2ncccc25)c2ccccc12)C4(C)C)C(C)(C)c1cc(N(c2ccccc2)c2cccc4c2oc2ccccc24)c2ccccc2c1-3. The average molecular weight is 1040 g/mol. The standard InChI is InChI=1S/C76H55N3O2/c1-74(2)58-40-56-60(75(3,4)62-42-66(46-26-13-15-29-49(46)69(56)62)78(44-22-9-7-10-23-44)64-34-19-31-51-48-28-17-18-36-68(48)80-71(51)64)38-54(58)55-39-61-57(41-59(55)74)70-50-30-16-14-27-47(50)67(43-63(70)76(61,5)6)79(45-24-11-8-12-25-45)65-35-20-32-52-53-33-21-37-77-73(53)81-72(52)65/h7-43H,1-6H3. The van der Waals surface area contributed by atoms with Crippen molar-refractivity contribution in [1.29, 1.82) is 0 Å². The second-order valence-electron chi connectivity index (χ2n) is 24.2. The summed E-state index contributed by atoms with van der Waals surface area (Å²) in [4.78, 5) is 9.48. The quantitative estimate of drug-likeness (QED) is 0.166. The van der Waals surface area contributed by atoms with Gasteiger partial charge in [-0.2, -0.15) is 0 Å². The number of rotatable bonds is 6. The van der Waals surface area contributed by atoms with Gasteiger partial charge in [0.1, 0.15) is 5.58 Å². The fourth-order valence-corrected chi connectivity index (χ4v) is 14.9. The summed E-state index contributed by atoms with van der Waals surface area (Å²) in [7, 11) is 0. The molecular formula is C76H55N3O2. The first-order valence-electron chi connectivity index (χ1n) is 28.4. The van der Waals surface area contributed by atoms with E-state index < -0.39 is 0 Å². The Labute approximate surface area is 470 Å². The third kappa shape index (κ3) is 6.18. The molecule has 0 saturated carbocycles. The van der Waals surface area contributed by atoms with E-state index in [1.165, 1.54) is 88.3 Å². The summed E-state index contributed by atoms with van der Waals surface area (Å²) in [5, 5.41) is 9.16. The van der Waals surface area contributed by atoms with E-state index in [0.717, 1.165) is 72.4 Å². The minimum atomic E-state index is -0.331. The highest BCUT2D eigenvalue weighted by molar-refractivity contribution is 6.16. The number of fused-ring (bicyclic) bond motifs is 19. The van der Waals surface area contributed by atoms with Crippen molar-refractivity contribution in [2.45, 2.75) is 57.8 Å². The van der Waals surface area contributed by atoms with Crippen LogP contribution in [0.4, 0.5) is 34.1 Å². The van der Waals surface area contributed by atoms with Crippen molar-refractivity contribution < 1.29 is 8.83 Å². The minimum Gasteiger partial charge on any atom is -0.454 e. The zero-order valence-corrected chi connectivity index (χ0v) is 46.0. The lowest BCUT2D eigenvalue weighted by Gasteiger charge is -2.30. The van der Waals surface area contributed by atoms with Crippen molar-refractivity contribution >= 4 is 99.7 Å². The van der Waals surface area contributed by atoms with Gasteiger partial charge in [0.05, 0.1) is 22.7 Å². The van der Waals surface area contributed by atoms with Crippen molar-refractivity contribution in [2.75, 3.05) is 9.80 Å². The molecule has 386 valence electrons. The molecule has 3 aliphatic rings. The van der Waals surface area contributed by atoms with E-state index in [4.69, 9.17) is 8.83 Å². The fraction of sp³-hybridized carbons (Fsp3) is 0.118. The minimum absolute atomic E-state index is 0.278. The third-order valence-electron chi connectivity index (χ3n) is 18.9. The second-order valence-corrected chi connectivity index (χ2v) is 24.2. The molecule has 0 unspecified atom stereocenters. The van der Waals surface area contributed by atoms with Gasteiger partial charge in [0.25, 0.3) is 0 Å². The molecule has 0 radical (unpaired) electrons. The van der Waals surface area contributed by atoms with Crippen LogP contribution in [-0.2, 0) is 16.2 Å². The van der Waals surface area contributed by atoms with Crippen molar-refractivity contribution in [2.24, 2.45) is 0 Å². The van der Waals surface area contributed by atoms with Gasteiger partial charge in [-0.15, -0.1) is 0 Å². The molecule has 14 aromatic rings. The molecule has 3 heterocycles. The maximum Gasteiger partial charge on any atom is 0.227 e.